The number of fused-ring (bicyclic) bond motifs is 2. The summed E-state index contributed by atoms with van der Waals surface area (Å²) in [5.41, 5.74) is 2.73. The SMILES string of the molecule is O=C1C[C@H](C(=O)N2CCOc3c(O)cc(-c4csc5ccccc45)cc3C2)CN1. The molecule has 6 nitrogen and oxygen atoms in total. The third kappa shape index (κ3) is 3.21. The molecule has 148 valence electrons. The normalized spacial score (nSPS) is 18.8. The Balaban J connectivity index is 1.50. The molecule has 3 heterocycles. The van der Waals surface area contributed by atoms with Gasteiger partial charge in [0, 0.05) is 40.7 Å². The Hall–Kier alpha value is -3.06. The molecule has 2 N–H and O–H groups in total. The van der Waals surface area contributed by atoms with Gasteiger partial charge in [0.1, 0.15) is 6.61 Å². The zero-order valence-electron chi connectivity index (χ0n) is 15.7. The lowest BCUT2D eigenvalue weighted by atomic mass is 10.0. The van der Waals surface area contributed by atoms with Crippen molar-refractivity contribution in [2.45, 2.75) is 13.0 Å². The fourth-order valence-electron chi connectivity index (χ4n) is 4.08. The van der Waals surface area contributed by atoms with E-state index in [-0.39, 0.29) is 29.9 Å². The lowest BCUT2D eigenvalue weighted by Gasteiger charge is -2.22. The number of hydrogen-bond donors (Lipinski definition) is 2. The minimum atomic E-state index is -0.332. The van der Waals surface area contributed by atoms with Crippen LogP contribution in [0.1, 0.15) is 12.0 Å². The number of phenols is 1. The molecule has 1 fully saturated rings. The van der Waals surface area contributed by atoms with Crippen molar-refractivity contribution >= 4 is 33.2 Å². The molecule has 0 saturated carbocycles. The molecule has 2 aliphatic heterocycles. The highest BCUT2D eigenvalue weighted by atomic mass is 32.1. The van der Waals surface area contributed by atoms with Crippen LogP contribution in [0, 0.1) is 5.92 Å². The van der Waals surface area contributed by atoms with E-state index >= 15 is 0 Å². The van der Waals surface area contributed by atoms with Crippen molar-refractivity contribution in [2.75, 3.05) is 19.7 Å². The van der Waals surface area contributed by atoms with Crippen molar-refractivity contribution in [3.05, 3.63) is 47.3 Å². The van der Waals surface area contributed by atoms with Crippen LogP contribution in [0.4, 0.5) is 0 Å². The first-order valence-corrected chi connectivity index (χ1v) is 10.5. The van der Waals surface area contributed by atoms with Gasteiger partial charge in [-0.15, -0.1) is 11.3 Å². The summed E-state index contributed by atoms with van der Waals surface area (Å²) in [4.78, 5) is 26.1. The van der Waals surface area contributed by atoms with Crippen LogP contribution < -0.4 is 10.1 Å². The number of hydrogen-bond acceptors (Lipinski definition) is 5. The number of carbonyl (C=O) groups excluding carboxylic acids is 2. The summed E-state index contributed by atoms with van der Waals surface area (Å²) in [5.74, 6) is 0.0513. The molecule has 0 aliphatic carbocycles. The molecule has 7 heteroatoms. The van der Waals surface area contributed by atoms with Gasteiger partial charge in [0.05, 0.1) is 12.5 Å². The van der Waals surface area contributed by atoms with Crippen molar-refractivity contribution in [3.63, 3.8) is 0 Å². The largest absolute Gasteiger partial charge is 0.504 e. The number of benzene rings is 2. The first-order valence-electron chi connectivity index (χ1n) is 9.61. The molecule has 2 amide bonds. The number of nitrogens with zero attached hydrogens (tertiary/aromatic N) is 1. The molecular formula is C22H20N2O4S. The fraction of sp³-hybridized carbons (Fsp3) is 0.273. The van der Waals surface area contributed by atoms with Crippen molar-refractivity contribution in [3.8, 4) is 22.6 Å². The second-order valence-corrected chi connectivity index (χ2v) is 8.35. The Kier molecular flexibility index (Phi) is 4.39. The first-order chi connectivity index (χ1) is 14.1. The molecule has 3 aromatic rings. The van der Waals surface area contributed by atoms with Gasteiger partial charge in [-0.3, -0.25) is 9.59 Å². The quantitative estimate of drug-likeness (QED) is 0.683. The third-order valence-electron chi connectivity index (χ3n) is 5.55. The van der Waals surface area contributed by atoms with Crippen molar-refractivity contribution in [1.82, 2.24) is 10.2 Å². The number of nitrogens with one attached hydrogen (secondary N) is 1. The smallest absolute Gasteiger partial charge is 0.228 e. The Morgan fingerprint density at radius 1 is 1.28 bits per heavy atom. The number of thiophene rings is 1. The second kappa shape index (κ2) is 7.08. The monoisotopic (exact) mass is 408 g/mol. The summed E-state index contributed by atoms with van der Waals surface area (Å²) in [6.07, 6.45) is 0.231. The molecule has 1 saturated heterocycles. The molecule has 0 bridgehead atoms. The number of phenolic OH excluding ortho intramolecular Hbond substituents is 1. The van der Waals surface area contributed by atoms with E-state index in [2.05, 4.69) is 22.8 Å². The lowest BCUT2D eigenvalue weighted by molar-refractivity contribution is -0.136. The average Bonchev–Trinajstić information content (AvgIpc) is 3.28. The van der Waals surface area contributed by atoms with E-state index in [1.54, 1.807) is 22.3 Å². The van der Waals surface area contributed by atoms with Gasteiger partial charge in [-0.25, -0.2) is 0 Å². The summed E-state index contributed by atoms with van der Waals surface area (Å²) in [6, 6.07) is 11.9. The van der Waals surface area contributed by atoms with Crippen LogP contribution in [0.25, 0.3) is 21.2 Å². The van der Waals surface area contributed by atoms with Crippen LogP contribution in [0.5, 0.6) is 11.5 Å². The lowest BCUT2D eigenvalue weighted by Crippen LogP contribution is -2.37. The Morgan fingerprint density at radius 2 is 2.14 bits per heavy atom. The molecule has 1 atom stereocenters. The summed E-state index contributed by atoms with van der Waals surface area (Å²) < 4.78 is 6.96. The summed E-state index contributed by atoms with van der Waals surface area (Å²) in [5, 5.41) is 16.6. The standard InChI is InChI=1S/C22H20N2O4S/c25-18-8-13(17-12-29-19-4-2-1-3-16(17)19)7-15-11-24(5-6-28-21(15)18)22(27)14-9-20(26)23-10-14/h1-4,7-8,12,14,25H,5-6,9-11H2,(H,23,26)/t14-/m0/s1. The van der Waals surface area contributed by atoms with Crippen molar-refractivity contribution in [2.24, 2.45) is 5.92 Å². The van der Waals surface area contributed by atoms with Crippen LogP contribution in [0.2, 0.25) is 0 Å². The molecule has 1 aromatic heterocycles. The maximum absolute atomic E-state index is 12.9. The fourth-order valence-corrected chi connectivity index (χ4v) is 5.05. The molecule has 0 radical (unpaired) electrons. The van der Waals surface area contributed by atoms with Crippen LogP contribution in [-0.2, 0) is 16.1 Å². The summed E-state index contributed by atoms with van der Waals surface area (Å²) in [7, 11) is 0. The van der Waals surface area contributed by atoms with Crippen LogP contribution in [0.3, 0.4) is 0 Å². The van der Waals surface area contributed by atoms with Gasteiger partial charge in [0.2, 0.25) is 11.8 Å². The van der Waals surface area contributed by atoms with Crippen molar-refractivity contribution in [1.29, 1.82) is 0 Å². The third-order valence-corrected chi connectivity index (χ3v) is 6.51. The molecule has 2 aromatic carbocycles. The summed E-state index contributed by atoms with van der Waals surface area (Å²) >= 11 is 1.66. The molecular weight excluding hydrogens is 388 g/mol. The van der Waals surface area contributed by atoms with E-state index in [1.165, 1.54) is 4.70 Å². The average molecular weight is 408 g/mol. The number of aromatic hydroxyl groups is 1. The first kappa shape index (κ1) is 18.0. The highest BCUT2D eigenvalue weighted by Gasteiger charge is 2.33. The van der Waals surface area contributed by atoms with Gasteiger partial charge >= 0.3 is 0 Å². The predicted molar refractivity (Wildman–Crippen MR) is 111 cm³/mol. The maximum Gasteiger partial charge on any atom is 0.228 e. The van der Waals surface area contributed by atoms with Gasteiger partial charge in [0.25, 0.3) is 0 Å². The topological polar surface area (TPSA) is 78.9 Å². The van der Waals surface area contributed by atoms with Gasteiger partial charge in [-0.05, 0) is 29.1 Å². The molecule has 0 unspecified atom stereocenters. The van der Waals surface area contributed by atoms with E-state index in [4.69, 9.17) is 4.74 Å². The van der Waals surface area contributed by atoms with E-state index in [9.17, 15) is 14.7 Å². The minimum absolute atomic E-state index is 0.0503. The molecule has 5 rings (SSSR count). The number of ether oxygens (including phenoxy) is 1. The Labute approximate surface area is 171 Å². The Morgan fingerprint density at radius 3 is 2.97 bits per heavy atom. The zero-order chi connectivity index (χ0) is 20.0. The number of carbonyl (C=O) groups is 2. The number of amides is 2. The minimum Gasteiger partial charge on any atom is -0.504 e. The van der Waals surface area contributed by atoms with Crippen LogP contribution >= 0.6 is 11.3 Å². The van der Waals surface area contributed by atoms with Gasteiger partial charge in [-0.1, -0.05) is 18.2 Å². The van der Waals surface area contributed by atoms with Gasteiger partial charge in [0.15, 0.2) is 11.5 Å². The van der Waals surface area contributed by atoms with Crippen molar-refractivity contribution < 1.29 is 19.4 Å². The molecule has 29 heavy (non-hydrogen) atoms. The van der Waals surface area contributed by atoms with Crippen LogP contribution in [0.15, 0.2) is 41.8 Å². The van der Waals surface area contributed by atoms with E-state index in [0.717, 1.165) is 22.1 Å². The second-order valence-electron chi connectivity index (χ2n) is 7.44. The molecule has 2 aliphatic rings. The highest BCUT2D eigenvalue weighted by molar-refractivity contribution is 7.17. The zero-order valence-corrected chi connectivity index (χ0v) is 16.5. The molecule has 0 spiro atoms. The number of rotatable bonds is 2. The Bertz CT molecular complexity index is 1120. The van der Waals surface area contributed by atoms with E-state index in [0.29, 0.717) is 32.0 Å². The van der Waals surface area contributed by atoms with Gasteiger partial charge < -0.3 is 20.1 Å². The van der Waals surface area contributed by atoms with Crippen LogP contribution in [-0.4, -0.2) is 41.5 Å². The van der Waals surface area contributed by atoms with E-state index in [1.807, 2.05) is 18.2 Å². The van der Waals surface area contributed by atoms with Gasteiger partial charge in [-0.2, -0.15) is 0 Å². The highest BCUT2D eigenvalue weighted by Crippen LogP contribution is 2.41. The maximum atomic E-state index is 12.9. The summed E-state index contributed by atoms with van der Waals surface area (Å²) in [6.45, 7) is 1.46. The van der Waals surface area contributed by atoms with E-state index < -0.39 is 0 Å². The predicted octanol–water partition coefficient (Wildman–Crippen LogP) is 3.13.